The minimum atomic E-state index is -0.354. The zero-order valence-corrected chi connectivity index (χ0v) is 11.6. The maximum absolute atomic E-state index is 5.68. The molecule has 0 aromatic heterocycles. The Morgan fingerprint density at radius 1 is 1.38 bits per heavy atom. The second kappa shape index (κ2) is 6.73. The van der Waals surface area contributed by atoms with Crippen molar-refractivity contribution in [2.75, 3.05) is 9.52 Å². The van der Waals surface area contributed by atoms with Crippen LogP contribution in [0.4, 0.5) is 0 Å². The van der Waals surface area contributed by atoms with Gasteiger partial charge in [-0.2, -0.15) is 0 Å². The summed E-state index contributed by atoms with van der Waals surface area (Å²) in [6, 6.07) is 8.63. The van der Waals surface area contributed by atoms with Crippen LogP contribution in [-0.2, 0) is 6.54 Å². The van der Waals surface area contributed by atoms with Gasteiger partial charge < -0.3 is 0 Å². The van der Waals surface area contributed by atoms with E-state index in [-0.39, 0.29) is 21.1 Å². The predicted molar refractivity (Wildman–Crippen MR) is 62.7 cm³/mol. The SMILES string of the molecule is CCS[CH2][Sn][c]1ccccc1CN. The molecule has 2 radical (unpaired) electrons. The molecule has 0 atom stereocenters. The van der Waals surface area contributed by atoms with Crippen LogP contribution in [0.5, 0.6) is 0 Å². The Kier molecular flexibility index (Phi) is 5.91. The van der Waals surface area contributed by atoms with E-state index in [9.17, 15) is 0 Å². The summed E-state index contributed by atoms with van der Waals surface area (Å²) in [6.07, 6.45) is 0. The molecule has 0 saturated heterocycles. The summed E-state index contributed by atoms with van der Waals surface area (Å²) in [4.78, 5) is 0. The van der Waals surface area contributed by atoms with Gasteiger partial charge in [0.25, 0.3) is 0 Å². The number of nitrogens with two attached hydrogens (primary N) is 1. The third-order valence-corrected chi connectivity index (χ3v) is 8.03. The standard InChI is InChI=1S/C7H8N.C3H7S.Sn/c8-6-7-4-2-1-3-5-7;1-3-4-2;/h1-4H,6,8H2;2-3H2,1H3;. The Morgan fingerprint density at radius 2 is 2.15 bits per heavy atom. The monoisotopic (exact) mass is 301 g/mol. The van der Waals surface area contributed by atoms with E-state index in [0.29, 0.717) is 6.54 Å². The molecule has 1 aromatic carbocycles. The zero-order chi connectivity index (χ0) is 9.52. The fraction of sp³-hybridized carbons (Fsp3) is 0.400. The number of benzene rings is 1. The topological polar surface area (TPSA) is 26.0 Å². The van der Waals surface area contributed by atoms with Crippen LogP contribution in [0.1, 0.15) is 12.5 Å². The fourth-order valence-electron chi connectivity index (χ4n) is 1.10. The first-order valence-corrected chi connectivity index (χ1v) is 9.08. The molecule has 0 aliphatic rings. The molecule has 3 heteroatoms. The van der Waals surface area contributed by atoms with E-state index < -0.39 is 0 Å². The van der Waals surface area contributed by atoms with E-state index in [1.807, 2.05) is 0 Å². The van der Waals surface area contributed by atoms with Gasteiger partial charge in [0, 0.05) is 0 Å². The van der Waals surface area contributed by atoms with Crippen LogP contribution in [0.3, 0.4) is 0 Å². The van der Waals surface area contributed by atoms with Crippen LogP contribution in [0.25, 0.3) is 0 Å². The third kappa shape index (κ3) is 3.92. The van der Waals surface area contributed by atoms with E-state index in [1.165, 1.54) is 15.1 Å². The Bertz CT molecular complexity index is 252. The molecule has 70 valence electrons. The number of rotatable bonds is 5. The van der Waals surface area contributed by atoms with Crippen LogP contribution < -0.4 is 9.31 Å². The van der Waals surface area contributed by atoms with E-state index >= 15 is 0 Å². The van der Waals surface area contributed by atoms with Gasteiger partial charge >= 0.3 is 95.0 Å². The molecule has 0 bridgehead atoms. The first kappa shape index (κ1) is 11.4. The van der Waals surface area contributed by atoms with E-state index in [0.717, 1.165) is 0 Å². The molecule has 1 nitrogen and oxygen atoms in total. The first-order chi connectivity index (χ1) is 6.38. The molecule has 0 unspecified atom stereocenters. The second-order valence-electron chi connectivity index (χ2n) is 2.68. The van der Waals surface area contributed by atoms with Gasteiger partial charge in [-0.3, -0.25) is 0 Å². The van der Waals surface area contributed by atoms with Crippen LogP contribution in [0, 0.1) is 0 Å². The van der Waals surface area contributed by atoms with Crippen molar-refractivity contribution in [3.63, 3.8) is 0 Å². The molecule has 0 amide bonds. The summed E-state index contributed by atoms with van der Waals surface area (Å²) in [5, 5.41) is 0. The van der Waals surface area contributed by atoms with E-state index in [2.05, 4.69) is 43.0 Å². The fourth-order valence-corrected chi connectivity index (χ4v) is 7.30. The molecular weight excluding hydrogens is 285 g/mol. The minimum absolute atomic E-state index is 0.354. The van der Waals surface area contributed by atoms with Gasteiger partial charge in [0.15, 0.2) is 0 Å². The average molecular weight is 300 g/mol. The van der Waals surface area contributed by atoms with Crippen molar-refractivity contribution in [1.82, 2.24) is 0 Å². The Hall–Kier alpha value is 0.329. The van der Waals surface area contributed by atoms with Crippen molar-refractivity contribution in [3.8, 4) is 0 Å². The van der Waals surface area contributed by atoms with Crippen LogP contribution in [0.15, 0.2) is 24.3 Å². The van der Waals surface area contributed by atoms with Gasteiger partial charge in [-0.1, -0.05) is 0 Å². The Balaban J connectivity index is 2.54. The molecule has 0 aliphatic carbocycles. The van der Waals surface area contributed by atoms with Gasteiger partial charge in [0.1, 0.15) is 0 Å². The Labute approximate surface area is 94.7 Å². The third-order valence-electron chi connectivity index (χ3n) is 1.81. The van der Waals surface area contributed by atoms with Crippen molar-refractivity contribution >= 4 is 36.5 Å². The normalized spacial score (nSPS) is 10.3. The summed E-state index contributed by atoms with van der Waals surface area (Å²) >= 11 is 1.70. The van der Waals surface area contributed by atoms with Gasteiger partial charge in [0.2, 0.25) is 0 Å². The number of hydrogen-bond donors (Lipinski definition) is 1. The summed E-state index contributed by atoms with van der Waals surface area (Å²) < 4.78 is 2.95. The van der Waals surface area contributed by atoms with Crippen molar-refractivity contribution in [2.24, 2.45) is 5.73 Å². The van der Waals surface area contributed by atoms with E-state index in [1.54, 1.807) is 3.58 Å². The van der Waals surface area contributed by atoms with Crippen molar-refractivity contribution in [1.29, 1.82) is 0 Å². The number of hydrogen-bond acceptors (Lipinski definition) is 2. The predicted octanol–water partition coefficient (Wildman–Crippen LogP) is 1.19. The summed E-state index contributed by atoms with van der Waals surface area (Å²) in [6.45, 7) is 2.92. The van der Waals surface area contributed by atoms with Crippen molar-refractivity contribution in [2.45, 2.75) is 13.5 Å². The molecule has 2 N–H and O–H groups in total. The van der Waals surface area contributed by atoms with Crippen molar-refractivity contribution in [3.05, 3.63) is 29.8 Å². The number of thioether (sulfide) groups is 1. The molecular formula is C10H15NSSn. The second-order valence-corrected chi connectivity index (χ2v) is 8.97. The summed E-state index contributed by atoms with van der Waals surface area (Å²) in [5.41, 5.74) is 7.04. The molecule has 0 saturated carbocycles. The quantitative estimate of drug-likeness (QED) is 0.653. The average Bonchev–Trinajstić information content (AvgIpc) is 2.19. The van der Waals surface area contributed by atoms with Crippen molar-refractivity contribution < 1.29 is 0 Å². The molecule has 1 aromatic rings. The van der Waals surface area contributed by atoms with Gasteiger partial charge in [-0.25, -0.2) is 0 Å². The van der Waals surface area contributed by atoms with Crippen LogP contribution >= 0.6 is 11.8 Å². The zero-order valence-electron chi connectivity index (χ0n) is 7.92. The van der Waals surface area contributed by atoms with Crippen LogP contribution in [0.2, 0.25) is 0 Å². The van der Waals surface area contributed by atoms with Gasteiger partial charge in [0.05, 0.1) is 0 Å². The molecule has 13 heavy (non-hydrogen) atoms. The maximum atomic E-state index is 5.68. The van der Waals surface area contributed by atoms with E-state index in [4.69, 9.17) is 5.73 Å². The summed E-state index contributed by atoms with van der Waals surface area (Å²) in [5.74, 6) is 1.24. The first-order valence-electron chi connectivity index (χ1n) is 4.48. The molecule has 0 aliphatic heterocycles. The molecule has 0 fully saturated rings. The molecule has 0 heterocycles. The van der Waals surface area contributed by atoms with Crippen LogP contribution in [-0.4, -0.2) is 30.7 Å². The van der Waals surface area contributed by atoms with Gasteiger partial charge in [-0.05, 0) is 0 Å². The molecule has 1 rings (SSSR count). The Morgan fingerprint density at radius 3 is 2.85 bits per heavy atom. The van der Waals surface area contributed by atoms with Gasteiger partial charge in [-0.15, -0.1) is 0 Å². The molecule has 0 spiro atoms. The summed E-state index contributed by atoms with van der Waals surface area (Å²) in [7, 11) is 0.